The molecule has 5 nitrogen and oxygen atoms in total. The minimum Gasteiger partial charge on any atom is -0.504 e. The fraction of sp³-hybridized carbons (Fsp3) is 0.111. The number of hydrogen-bond acceptors (Lipinski definition) is 5. The zero-order valence-electron chi connectivity index (χ0n) is 13.0. The van der Waals surface area contributed by atoms with E-state index in [2.05, 4.69) is 15.5 Å². The highest BCUT2D eigenvalue weighted by molar-refractivity contribution is 6.31. The van der Waals surface area contributed by atoms with E-state index in [1.165, 1.54) is 0 Å². The van der Waals surface area contributed by atoms with E-state index in [1.54, 1.807) is 36.7 Å². The molecule has 2 aromatic carbocycles. The second kappa shape index (κ2) is 7.19. The lowest BCUT2D eigenvalue weighted by atomic mass is 10.2. The van der Waals surface area contributed by atoms with Crippen LogP contribution in [0.3, 0.4) is 0 Å². The van der Waals surface area contributed by atoms with Gasteiger partial charge in [0.25, 0.3) is 0 Å². The van der Waals surface area contributed by atoms with Crippen LogP contribution in [-0.4, -0.2) is 22.9 Å². The van der Waals surface area contributed by atoms with Crippen LogP contribution >= 0.6 is 11.6 Å². The third-order valence-corrected chi connectivity index (χ3v) is 3.62. The summed E-state index contributed by atoms with van der Waals surface area (Å²) < 4.78 is 5.36. The van der Waals surface area contributed by atoms with E-state index < -0.39 is 0 Å². The number of pyridine rings is 1. The number of halogens is 1. The molecule has 0 amide bonds. The molecule has 3 rings (SSSR count). The van der Waals surface area contributed by atoms with Gasteiger partial charge in [-0.05, 0) is 55.0 Å². The third-order valence-electron chi connectivity index (χ3n) is 3.39. The first-order valence-electron chi connectivity index (χ1n) is 7.46. The molecule has 0 bridgehead atoms. The SMILES string of the molecule is CCOc1cc(/C=N/Nc2ccnc3cc(Cl)ccc23)ccc1O. The molecule has 0 unspecified atom stereocenters. The highest BCUT2D eigenvalue weighted by Gasteiger charge is 2.03. The first kappa shape index (κ1) is 16.1. The summed E-state index contributed by atoms with van der Waals surface area (Å²) >= 11 is 5.99. The van der Waals surface area contributed by atoms with Crippen LogP contribution in [0, 0.1) is 0 Å². The summed E-state index contributed by atoms with van der Waals surface area (Å²) in [6.07, 6.45) is 3.36. The summed E-state index contributed by atoms with van der Waals surface area (Å²) in [6.45, 7) is 2.35. The summed E-state index contributed by atoms with van der Waals surface area (Å²) in [5.74, 6) is 0.546. The third kappa shape index (κ3) is 3.58. The van der Waals surface area contributed by atoms with E-state index in [0.717, 1.165) is 22.2 Å². The maximum Gasteiger partial charge on any atom is 0.161 e. The van der Waals surface area contributed by atoms with Gasteiger partial charge in [-0.15, -0.1) is 0 Å². The minimum absolute atomic E-state index is 0.110. The Balaban J connectivity index is 1.81. The van der Waals surface area contributed by atoms with Crippen molar-refractivity contribution in [1.29, 1.82) is 0 Å². The first-order valence-corrected chi connectivity index (χ1v) is 7.84. The maximum atomic E-state index is 9.71. The van der Waals surface area contributed by atoms with Gasteiger partial charge in [-0.2, -0.15) is 5.10 Å². The average molecular weight is 342 g/mol. The lowest BCUT2D eigenvalue weighted by Gasteiger charge is -2.07. The normalized spacial score (nSPS) is 11.1. The van der Waals surface area contributed by atoms with Crippen molar-refractivity contribution in [2.45, 2.75) is 6.92 Å². The number of phenolic OH excluding ortho intramolecular Hbond substituents is 1. The van der Waals surface area contributed by atoms with Gasteiger partial charge >= 0.3 is 0 Å². The van der Waals surface area contributed by atoms with Crippen molar-refractivity contribution in [2.75, 3.05) is 12.0 Å². The number of nitrogens with zero attached hydrogens (tertiary/aromatic N) is 2. The van der Waals surface area contributed by atoms with Crippen LogP contribution < -0.4 is 10.2 Å². The average Bonchev–Trinajstić information content (AvgIpc) is 2.58. The van der Waals surface area contributed by atoms with Crippen LogP contribution in [0.4, 0.5) is 5.69 Å². The quantitative estimate of drug-likeness (QED) is 0.532. The van der Waals surface area contributed by atoms with E-state index in [1.807, 2.05) is 25.1 Å². The number of anilines is 1. The largest absolute Gasteiger partial charge is 0.504 e. The zero-order valence-corrected chi connectivity index (χ0v) is 13.8. The van der Waals surface area contributed by atoms with E-state index in [0.29, 0.717) is 17.4 Å². The minimum atomic E-state index is 0.110. The molecule has 2 N–H and O–H groups in total. The van der Waals surface area contributed by atoms with Gasteiger partial charge in [-0.25, -0.2) is 0 Å². The fourth-order valence-electron chi connectivity index (χ4n) is 2.28. The van der Waals surface area contributed by atoms with Crippen LogP contribution in [0.15, 0.2) is 53.8 Å². The molecule has 0 aliphatic rings. The van der Waals surface area contributed by atoms with Crippen molar-refractivity contribution < 1.29 is 9.84 Å². The number of hydrazone groups is 1. The van der Waals surface area contributed by atoms with Gasteiger partial charge in [0.1, 0.15) is 0 Å². The summed E-state index contributed by atoms with van der Waals surface area (Å²) in [4.78, 5) is 4.29. The second-order valence-electron chi connectivity index (χ2n) is 5.05. The predicted octanol–water partition coefficient (Wildman–Crippen LogP) is 4.44. The van der Waals surface area contributed by atoms with Gasteiger partial charge in [0.2, 0.25) is 0 Å². The highest BCUT2D eigenvalue weighted by atomic mass is 35.5. The molecular formula is C18H16ClN3O2. The lowest BCUT2D eigenvalue weighted by molar-refractivity contribution is 0.318. The van der Waals surface area contributed by atoms with Crippen molar-refractivity contribution in [2.24, 2.45) is 5.10 Å². The number of aromatic hydroxyl groups is 1. The van der Waals surface area contributed by atoms with Gasteiger partial charge in [-0.1, -0.05) is 11.6 Å². The van der Waals surface area contributed by atoms with Crippen LogP contribution in [0.1, 0.15) is 12.5 Å². The number of phenols is 1. The van der Waals surface area contributed by atoms with Crippen molar-refractivity contribution in [1.82, 2.24) is 4.98 Å². The Labute approximate surface area is 144 Å². The van der Waals surface area contributed by atoms with Gasteiger partial charge in [0.15, 0.2) is 11.5 Å². The Morgan fingerprint density at radius 3 is 2.96 bits per heavy atom. The van der Waals surface area contributed by atoms with Crippen molar-refractivity contribution >= 4 is 34.4 Å². The van der Waals surface area contributed by atoms with E-state index >= 15 is 0 Å². The Bertz CT molecular complexity index is 897. The topological polar surface area (TPSA) is 66.7 Å². The van der Waals surface area contributed by atoms with Gasteiger partial charge < -0.3 is 9.84 Å². The predicted molar refractivity (Wildman–Crippen MR) is 97.2 cm³/mol. The van der Waals surface area contributed by atoms with Crippen LogP contribution in [0.2, 0.25) is 5.02 Å². The molecule has 1 aromatic heterocycles. The molecule has 122 valence electrons. The summed E-state index contributed by atoms with van der Waals surface area (Å²) in [5, 5.41) is 15.5. The van der Waals surface area contributed by atoms with E-state index in [9.17, 15) is 5.11 Å². The number of ether oxygens (including phenoxy) is 1. The highest BCUT2D eigenvalue weighted by Crippen LogP contribution is 2.26. The summed E-state index contributed by atoms with van der Waals surface area (Å²) in [5.41, 5.74) is 5.44. The number of aromatic nitrogens is 1. The molecule has 0 saturated heterocycles. The number of benzene rings is 2. The molecule has 1 heterocycles. The summed E-state index contributed by atoms with van der Waals surface area (Å²) in [6, 6.07) is 12.4. The van der Waals surface area contributed by atoms with E-state index in [4.69, 9.17) is 16.3 Å². The van der Waals surface area contributed by atoms with Crippen molar-refractivity contribution in [3.8, 4) is 11.5 Å². The summed E-state index contributed by atoms with van der Waals surface area (Å²) in [7, 11) is 0. The maximum absolute atomic E-state index is 9.71. The smallest absolute Gasteiger partial charge is 0.161 e. The Kier molecular flexibility index (Phi) is 4.82. The molecule has 0 radical (unpaired) electrons. The standard InChI is InChI=1S/C18H16ClN3O2/c1-2-24-18-9-12(3-6-17(18)23)11-21-22-15-7-8-20-16-10-13(19)4-5-14(15)16/h3-11,23H,2H2,1H3,(H,20,22)/b21-11+. The molecule has 0 fully saturated rings. The number of rotatable bonds is 5. The second-order valence-corrected chi connectivity index (χ2v) is 5.49. The molecule has 0 saturated carbocycles. The van der Waals surface area contributed by atoms with Crippen LogP contribution in [0.25, 0.3) is 10.9 Å². The molecule has 24 heavy (non-hydrogen) atoms. The van der Waals surface area contributed by atoms with Gasteiger partial charge in [-0.3, -0.25) is 10.4 Å². The Morgan fingerprint density at radius 1 is 1.25 bits per heavy atom. The number of hydrogen-bond donors (Lipinski definition) is 2. The Morgan fingerprint density at radius 2 is 2.12 bits per heavy atom. The van der Waals surface area contributed by atoms with Gasteiger partial charge in [0, 0.05) is 16.6 Å². The number of fused-ring (bicyclic) bond motifs is 1. The molecular weight excluding hydrogens is 326 g/mol. The van der Waals surface area contributed by atoms with Crippen molar-refractivity contribution in [3.63, 3.8) is 0 Å². The van der Waals surface area contributed by atoms with Crippen molar-refractivity contribution in [3.05, 3.63) is 59.2 Å². The fourth-order valence-corrected chi connectivity index (χ4v) is 2.44. The Hall–Kier alpha value is -2.79. The number of nitrogens with one attached hydrogen (secondary N) is 1. The first-order chi connectivity index (χ1) is 11.7. The molecule has 0 aliphatic carbocycles. The monoisotopic (exact) mass is 341 g/mol. The zero-order chi connectivity index (χ0) is 16.9. The van der Waals surface area contributed by atoms with E-state index in [-0.39, 0.29) is 5.75 Å². The molecule has 0 spiro atoms. The lowest BCUT2D eigenvalue weighted by Crippen LogP contribution is -1.95. The van der Waals surface area contributed by atoms with Crippen LogP contribution in [-0.2, 0) is 0 Å². The molecule has 6 heteroatoms. The van der Waals surface area contributed by atoms with Gasteiger partial charge in [0.05, 0.1) is 24.0 Å². The molecule has 0 aliphatic heterocycles. The van der Waals surface area contributed by atoms with Crippen LogP contribution in [0.5, 0.6) is 11.5 Å². The molecule has 0 atom stereocenters. The molecule has 3 aromatic rings.